The summed E-state index contributed by atoms with van der Waals surface area (Å²) in [6.45, 7) is 7.11. The number of likely N-dealkylation sites (tertiary alicyclic amines) is 1. The maximum Gasteiger partial charge on any atom is 0.118 e. The summed E-state index contributed by atoms with van der Waals surface area (Å²) in [5, 5.41) is 3.61. The number of hydrogen-bond donors (Lipinski definition) is 1. The van der Waals surface area contributed by atoms with Crippen molar-refractivity contribution in [1.29, 1.82) is 0 Å². The van der Waals surface area contributed by atoms with Crippen LogP contribution in [0, 0.1) is 0 Å². The minimum Gasteiger partial charge on any atom is -0.497 e. The topological polar surface area (TPSA) is 24.5 Å². The summed E-state index contributed by atoms with van der Waals surface area (Å²) in [5.41, 5.74) is 1.36. The molecule has 3 nitrogen and oxygen atoms in total. The Hall–Kier alpha value is -1.06. The minimum absolute atomic E-state index is 0.524. The zero-order chi connectivity index (χ0) is 13.5. The summed E-state index contributed by atoms with van der Waals surface area (Å²) in [5.74, 6) is 0.929. The average molecular weight is 262 g/mol. The van der Waals surface area contributed by atoms with E-state index < -0.39 is 0 Å². The second-order valence-electron chi connectivity index (χ2n) is 5.46. The fraction of sp³-hybridized carbons (Fsp3) is 0.625. The Morgan fingerprint density at radius 3 is 2.53 bits per heavy atom. The van der Waals surface area contributed by atoms with Gasteiger partial charge in [-0.15, -0.1) is 0 Å². The van der Waals surface area contributed by atoms with E-state index in [1.807, 2.05) is 12.1 Å². The third-order valence-electron chi connectivity index (χ3n) is 3.82. The quantitative estimate of drug-likeness (QED) is 0.816. The zero-order valence-electron chi connectivity index (χ0n) is 12.2. The van der Waals surface area contributed by atoms with Gasteiger partial charge in [0.25, 0.3) is 0 Å². The minimum atomic E-state index is 0.524. The summed E-state index contributed by atoms with van der Waals surface area (Å²) >= 11 is 0. The van der Waals surface area contributed by atoms with Crippen molar-refractivity contribution in [3.05, 3.63) is 29.8 Å². The Morgan fingerprint density at radius 2 is 1.89 bits per heavy atom. The van der Waals surface area contributed by atoms with Gasteiger partial charge in [-0.25, -0.2) is 0 Å². The van der Waals surface area contributed by atoms with Crippen LogP contribution in [0.4, 0.5) is 0 Å². The van der Waals surface area contributed by atoms with Crippen LogP contribution in [-0.4, -0.2) is 44.2 Å². The first kappa shape index (κ1) is 14.4. The Morgan fingerprint density at radius 1 is 1.21 bits per heavy atom. The largest absolute Gasteiger partial charge is 0.497 e. The molecule has 0 aromatic heterocycles. The highest BCUT2D eigenvalue weighted by Crippen LogP contribution is 2.12. The Kier molecular flexibility index (Phi) is 5.67. The molecule has 1 aromatic carbocycles. The summed E-state index contributed by atoms with van der Waals surface area (Å²) in [7, 11) is 1.71. The number of methoxy groups -OCH3 is 1. The first-order valence-corrected chi connectivity index (χ1v) is 7.36. The monoisotopic (exact) mass is 262 g/mol. The molecule has 106 valence electrons. The molecule has 3 heteroatoms. The van der Waals surface area contributed by atoms with Crippen molar-refractivity contribution in [2.24, 2.45) is 0 Å². The van der Waals surface area contributed by atoms with Crippen molar-refractivity contribution in [3.63, 3.8) is 0 Å². The zero-order valence-corrected chi connectivity index (χ0v) is 12.2. The lowest BCUT2D eigenvalue weighted by molar-refractivity contribution is 0.329. The van der Waals surface area contributed by atoms with Crippen molar-refractivity contribution < 1.29 is 4.74 Å². The maximum absolute atomic E-state index is 5.17. The van der Waals surface area contributed by atoms with Crippen LogP contribution in [0.3, 0.4) is 0 Å². The maximum atomic E-state index is 5.17. The number of nitrogens with one attached hydrogen (secondary N) is 1. The van der Waals surface area contributed by atoms with Gasteiger partial charge in [-0.3, -0.25) is 0 Å². The van der Waals surface area contributed by atoms with Gasteiger partial charge in [-0.05, 0) is 57.0 Å². The van der Waals surface area contributed by atoms with Gasteiger partial charge in [0, 0.05) is 19.1 Å². The van der Waals surface area contributed by atoms with Gasteiger partial charge < -0.3 is 15.0 Å². The molecule has 1 saturated heterocycles. The van der Waals surface area contributed by atoms with E-state index >= 15 is 0 Å². The molecular weight excluding hydrogens is 236 g/mol. The number of rotatable bonds is 7. The van der Waals surface area contributed by atoms with Crippen molar-refractivity contribution in [3.8, 4) is 5.75 Å². The van der Waals surface area contributed by atoms with E-state index in [1.54, 1.807) is 7.11 Å². The molecule has 1 aromatic rings. The van der Waals surface area contributed by atoms with Crippen LogP contribution >= 0.6 is 0 Å². The normalized spacial score (nSPS) is 17.6. The summed E-state index contributed by atoms with van der Waals surface area (Å²) in [4.78, 5) is 2.55. The fourth-order valence-corrected chi connectivity index (χ4v) is 2.66. The molecule has 0 saturated carbocycles. The van der Waals surface area contributed by atoms with E-state index in [9.17, 15) is 0 Å². The third kappa shape index (κ3) is 4.84. The van der Waals surface area contributed by atoms with Gasteiger partial charge in [-0.2, -0.15) is 0 Å². The van der Waals surface area contributed by atoms with E-state index in [2.05, 4.69) is 29.3 Å². The fourth-order valence-electron chi connectivity index (χ4n) is 2.66. The molecule has 1 unspecified atom stereocenters. The molecule has 1 fully saturated rings. The van der Waals surface area contributed by atoms with Crippen molar-refractivity contribution in [2.45, 2.75) is 32.2 Å². The van der Waals surface area contributed by atoms with Crippen LogP contribution in [0.1, 0.15) is 25.3 Å². The smallest absolute Gasteiger partial charge is 0.118 e. The van der Waals surface area contributed by atoms with E-state index in [0.717, 1.165) is 18.7 Å². The van der Waals surface area contributed by atoms with Gasteiger partial charge in [-0.1, -0.05) is 12.1 Å². The van der Waals surface area contributed by atoms with Gasteiger partial charge in [0.1, 0.15) is 5.75 Å². The van der Waals surface area contributed by atoms with Gasteiger partial charge >= 0.3 is 0 Å². The molecule has 1 atom stereocenters. The van der Waals surface area contributed by atoms with Crippen LogP contribution in [0.2, 0.25) is 0 Å². The molecule has 1 aliphatic heterocycles. The van der Waals surface area contributed by atoms with Crippen LogP contribution in [0.5, 0.6) is 5.75 Å². The molecule has 2 rings (SSSR count). The number of ether oxygens (including phenoxy) is 1. The van der Waals surface area contributed by atoms with E-state index in [0.29, 0.717) is 6.04 Å². The van der Waals surface area contributed by atoms with Gasteiger partial charge in [0.05, 0.1) is 7.11 Å². The molecule has 0 spiro atoms. The molecule has 1 aliphatic rings. The summed E-state index contributed by atoms with van der Waals surface area (Å²) < 4.78 is 5.17. The standard InChI is InChI=1S/C16H26N2O/c1-14(17-9-12-18-10-3-4-11-18)13-15-5-7-16(19-2)8-6-15/h5-8,14,17H,3-4,9-13H2,1-2H3. The average Bonchev–Trinajstić information content (AvgIpc) is 2.93. The first-order chi connectivity index (χ1) is 9.28. The molecule has 0 aliphatic carbocycles. The van der Waals surface area contributed by atoms with E-state index in [-0.39, 0.29) is 0 Å². The van der Waals surface area contributed by atoms with Gasteiger partial charge in [0.15, 0.2) is 0 Å². The Labute approximate surface area is 116 Å². The lowest BCUT2D eigenvalue weighted by atomic mass is 10.1. The lowest BCUT2D eigenvalue weighted by Gasteiger charge is -2.18. The molecule has 1 heterocycles. The predicted octanol–water partition coefficient (Wildman–Crippen LogP) is 2.31. The molecule has 1 N–H and O–H groups in total. The highest BCUT2D eigenvalue weighted by atomic mass is 16.5. The number of benzene rings is 1. The number of hydrogen-bond acceptors (Lipinski definition) is 3. The summed E-state index contributed by atoms with van der Waals surface area (Å²) in [6, 6.07) is 8.89. The second kappa shape index (κ2) is 7.51. The SMILES string of the molecule is COc1ccc(CC(C)NCCN2CCCC2)cc1. The molecule has 0 amide bonds. The second-order valence-corrected chi connectivity index (χ2v) is 5.46. The molecule has 0 radical (unpaired) electrons. The number of nitrogens with zero attached hydrogens (tertiary/aromatic N) is 1. The molecular formula is C16H26N2O. The van der Waals surface area contributed by atoms with Crippen molar-refractivity contribution in [2.75, 3.05) is 33.3 Å². The predicted molar refractivity (Wildman–Crippen MR) is 79.8 cm³/mol. The van der Waals surface area contributed by atoms with Crippen molar-refractivity contribution in [1.82, 2.24) is 10.2 Å². The Balaban J connectivity index is 1.66. The van der Waals surface area contributed by atoms with Crippen LogP contribution in [0.15, 0.2) is 24.3 Å². The highest BCUT2D eigenvalue weighted by Gasteiger charge is 2.11. The van der Waals surface area contributed by atoms with Crippen LogP contribution in [-0.2, 0) is 6.42 Å². The Bertz CT molecular complexity index is 358. The highest BCUT2D eigenvalue weighted by molar-refractivity contribution is 5.27. The van der Waals surface area contributed by atoms with Crippen LogP contribution < -0.4 is 10.1 Å². The molecule has 19 heavy (non-hydrogen) atoms. The van der Waals surface area contributed by atoms with E-state index in [1.165, 1.54) is 38.0 Å². The third-order valence-corrected chi connectivity index (χ3v) is 3.82. The van der Waals surface area contributed by atoms with Crippen LogP contribution in [0.25, 0.3) is 0 Å². The first-order valence-electron chi connectivity index (χ1n) is 7.36. The lowest BCUT2D eigenvalue weighted by Crippen LogP contribution is -2.35. The molecule has 0 bridgehead atoms. The summed E-state index contributed by atoms with van der Waals surface area (Å²) in [6.07, 6.45) is 3.83. The van der Waals surface area contributed by atoms with Gasteiger partial charge in [0.2, 0.25) is 0 Å². The van der Waals surface area contributed by atoms with Crippen molar-refractivity contribution >= 4 is 0 Å². The van der Waals surface area contributed by atoms with E-state index in [4.69, 9.17) is 4.74 Å².